The fourth-order valence-electron chi connectivity index (χ4n) is 2.30. The molecule has 0 radical (unpaired) electrons. The van der Waals surface area contributed by atoms with Gasteiger partial charge in [0.2, 0.25) is 0 Å². The summed E-state index contributed by atoms with van der Waals surface area (Å²) in [5.74, 6) is 0.672. The first kappa shape index (κ1) is 14.3. The third kappa shape index (κ3) is 4.18. The van der Waals surface area contributed by atoms with Gasteiger partial charge in [-0.1, -0.05) is 13.8 Å². The molecule has 4 heteroatoms. The molecule has 0 saturated carbocycles. The number of aryl methyl sites for hydroxylation is 1. The Balaban J connectivity index is 2.08. The van der Waals surface area contributed by atoms with Gasteiger partial charge in [-0.15, -0.1) is 0 Å². The summed E-state index contributed by atoms with van der Waals surface area (Å²) < 4.78 is 5.43. The van der Waals surface area contributed by atoms with Gasteiger partial charge < -0.3 is 15.0 Å². The molecule has 1 aromatic heterocycles. The topological polar surface area (TPSA) is 37.4 Å². The second-order valence-corrected chi connectivity index (χ2v) is 5.58. The van der Waals surface area contributed by atoms with E-state index in [-0.39, 0.29) is 0 Å². The number of pyridine rings is 1. The van der Waals surface area contributed by atoms with E-state index in [0.29, 0.717) is 5.92 Å². The summed E-state index contributed by atoms with van der Waals surface area (Å²) in [5, 5.41) is 3.50. The minimum Gasteiger partial charge on any atom is -0.378 e. The Bertz CT molecular complexity index is 400. The Labute approximate surface area is 116 Å². The van der Waals surface area contributed by atoms with Crippen molar-refractivity contribution in [1.82, 2.24) is 10.3 Å². The van der Waals surface area contributed by atoms with Gasteiger partial charge in [-0.05, 0) is 25.5 Å². The Kier molecular flexibility index (Phi) is 5.16. The lowest BCUT2D eigenvalue weighted by Gasteiger charge is -2.30. The molecule has 0 bridgehead atoms. The second-order valence-electron chi connectivity index (χ2n) is 5.58. The number of aromatic nitrogens is 1. The molecule has 0 amide bonds. The van der Waals surface area contributed by atoms with Gasteiger partial charge in [0.15, 0.2) is 0 Å². The van der Waals surface area contributed by atoms with E-state index in [1.54, 1.807) is 0 Å². The van der Waals surface area contributed by atoms with Crippen molar-refractivity contribution in [2.75, 3.05) is 37.7 Å². The largest absolute Gasteiger partial charge is 0.378 e. The van der Waals surface area contributed by atoms with Gasteiger partial charge in [0.1, 0.15) is 0 Å². The molecule has 1 aliphatic heterocycles. The summed E-state index contributed by atoms with van der Waals surface area (Å²) in [6, 6.07) is 2.19. The molecule has 0 aromatic carbocycles. The predicted molar refractivity (Wildman–Crippen MR) is 78.6 cm³/mol. The van der Waals surface area contributed by atoms with Crippen LogP contribution < -0.4 is 10.2 Å². The van der Waals surface area contributed by atoms with Crippen LogP contribution in [0.3, 0.4) is 0 Å². The molecule has 1 aromatic rings. The number of ether oxygens (including phenoxy) is 1. The standard InChI is InChI=1S/C15H25N3O/c1-12(2)9-16-10-14-11-17-13(3)8-15(14)18-4-6-19-7-5-18/h8,11-12,16H,4-7,9-10H2,1-3H3. The first-order valence-electron chi connectivity index (χ1n) is 7.15. The normalized spacial score (nSPS) is 16.1. The molecule has 0 spiro atoms. The van der Waals surface area contributed by atoms with Crippen molar-refractivity contribution in [2.45, 2.75) is 27.3 Å². The van der Waals surface area contributed by atoms with Crippen molar-refractivity contribution in [3.63, 3.8) is 0 Å². The van der Waals surface area contributed by atoms with Gasteiger partial charge in [-0.2, -0.15) is 0 Å². The number of nitrogens with one attached hydrogen (secondary N) is 1. The van der Waals surface area contributed by atoms with Gasteiger partial charge in [-0.25, -0.2) is 0 Å². The van der Waals surface area contributed by atoms with Gasteiger partial charge in [0.25, 0.3) is 0 Å². The van der Waals surface area contributed by atoms with Gasteiger partial charge in [0, 0.05) is 42.8 Å². The molecule has 106 valence electrons. The zero-order chi connectivity index (χ0) is 13.7. The van der Waals surface area contributed by atoms with Gasteiger partial charge >= 0.3 is 0 Å². The maximum absolute atomic E-state index is 5.43. The highest BCUT2D eigenvalue weighted by Crippen LogP contribution is 2.22. The molecule has 1 N–H and O–H groups in total. The molecule has 1 fully saturated rings. The van der Waals surface area contributed by atoms with Crippen LogP contribution in [0.5, 0.6) is 0 Å². The number of morpholine rings is 1. The highest BCUT2D eigenvalue weighted by molar-refractivity contribution is 5.53. The lowest BCUT2D eigenvalue weighted by molar-refractivity contribution is 0.122. The van der Waals surface area contributed by atoms with E-state index in [1.165, 1.54) is 11.3 Å². The van der Waals surface area contributed by atoms with E-state index < -0.39 is 0 Å². The van der Waals surface area contributed by atoms with Crippen molar-refractivity contribution in [1.29, 1.82) is 0 Å². The lowest BCUT2D eigenvalue weighted by Crippen LogP contribution is -2.37. The summed E-state index contributed by atoms with van der Waals surface area (Å²) in [6.45, 7) is 12.0. The average Bonchev–Trinajstić information content (AvgIpc) is 2.41. The Morgan fingerprint density at radius 3 is 2.79 bits per heavy atom. The highest BCUT2D eigenvalue weighted by atomic mass is 16.5. The van der Waals surface area contributed by atoms with Crippen molar-refractivity contribution in [2.24, 2.45) is 5.92 Å². The van der Waals surface area contributed by atoms with Crippen molar-refractivity contribution in [3.8, 4) is 0 Å². The molecule has 4 nitrogen and oxygen atoms in total. The third-order valence-electron chi connectivity index (χ3n) is 3.32. The van der Waals surface area contributed by atoms with E-state index in [0.717, 1.165) is 45.1 Å². The monoisotopic (exact) mass is 263 g/mol. The quantitative estimate of drug-likeness (QED) is 0.881. The highest BCUT2D eigenvalue weighted by Gasteiger charge is 2.15. The Hall–Kier alpha value is -1.13. The number of anilines is 1. The van der Waals surface area contributed by atoms with Gasteiger partial charge in [0.05, 0.1) is 13.2 Å². The fourth-order valence-corrected chi connectivity index (χ4v) is 2.30. The molecule has 19 heavy (non-hydrogen) atoms. The number of nitrogens with zero attached hydrogens (tertiary/aromatic N) is 2. The van der Waals surface area contributed by atoms with Crippen LogP contribution in [-0.4, -0.2) is 37.8 Å². The van der Waals surface area contributed by atoms with E-state index in [1.807, 2.05) is 6.20 Å². The maximum atomic E-state index is 5.43. The summed E-state index contributed by atoms with van der Waals surface area (Å²) >= 11 is 0. The summed E-state index contributed by atoms with van der Waals surface area (Å²) in [4.78, 5) is 6.84. The molecule has 1 saturated heterocycles. The number of hydrogen-bond donors (Lipinski definition) is 1. The molecule has 0 aliphatic carbocycles. The molecule has 1 aliphatic rings. The molecule has 2 rings (SSSR count). The van der Waals surface area contributed by atoms with Crippen LogP contribution in [0.15, 0.2) is 12.3 Å². The fraction of sp³-hybridized carbons (Fsp3) is 0.667. The summed E-state index contributed by atoms with van der Waals surface area (Å²) in [7, 11) is 0. The molecular weight excluding hydrogens is 238 g/mol. The van der Waals surface area contributed by atoms with E-state index >= 15 is 0 Å². The zero-order valence-corrected chi connectivity index (χ0v) is 12.3. The van der Waals surface area contributed by atoms with E-state index in [2.05, 4.69) is 42.0 Å². The molecule has 0 unspecified atom stereocenters. The van der Waals surface area contributed by atoms with Crippen molar-refractivity contribution < 1.29 is 4.74 Å². The minimum absolute atomic E-state index is 0.672. The molecule has 2 heterocycles. The second kappa shape index (κ2) is 6.87. The van der Waals surface area contributed by atoms with E-state index in [9.17, 15) is 0 Å². The minimum atomic E-state index is 0.672. The lowest BCUT2D eigenvalue weighted by atomic mass is 10.1. The van der Waals surface area contributed by atoms with Crippen molar-refractivity contribution in [3.05, 3.63) is 23.5 Å². The van der Waals surface area contributed by atoms with Crippen LogP contribution in [0.25, 0.3) is 0 Å². The smallest absolute Gasteiger partial charge is 0.0642 e. The first-order chi connectivity index (χ1) is 9.16. The van der Waals surface area contributed by atoms with E-state index in [4.69, 9.17) is 4.74 Å². The molecular formula is C15H25N3O. The molecule has 0 atom stereocenters. The third-order valence-corrected chi connectivity index (χ3v) is 3.32. The summed E-state index contributed by atoms with van der Waals surface area (Å²) in [5.41, 5.74) is 3.68. The van der Waals surface area contributed by atoms with Crippen LogP contribution in [0.1, 0.15) is 25.1 Å². The van der Waals surface area contributed by atoms with Gasteiger partial charge in [-0.3, -0.25) is 4.98 Å². The Morgan fingerprint density at radius 1 is 1.37 bits per heavy atom. The number of hydrogen-bond acceptors (Lipinski definition) is 4. The maximum Gasteiger partial charge on any atom is 0.0642 e. The number of rotatable bonds is 5. The Morgan fingerprint density at radius 2 is 2.11 bits per heavy atom. The van der Waals surface area contributed by atoms with Crippen LogP contribution >= 0.6 is 0 Å². The first-order valence-corrected chi connectivity index (χ1v) is 7.15. The van der Waals surface area contributed by atoms with Crippen LogP contribution in [0, 0.1) is 12.8 Å². The average molecular weight is 263 g/mol. The zero-order valence-electron chi connectivity index (χ0n) is 12.3. The van der Waals surface area contributed by atoms with Crippen LogP contribution in [0.2, 0.25) is 0 Å². The van der Waals surface area contributed by atoms with Crippen LogP contribution in [0.4, 0.5) is 5.69 Å². The van der Waals surface area contributed by atoms with Crippen molar-refractivity contribution >= 4 is 5.69 Å². The summed E-state index contributed by atoms with van der Waals surface area (Å²) in [6.07, 6.45) is 2.01. The van der Waals surface area contributed by atoms with Crippen LogP contribution in [-0.2, 0) is 11.3 Å². The predicted octanol–water partition coefficient (Wildman–Crippen LogP) is 1.97. The SMILES string of the molecule is Cc1cc(N2CCOCC2)c(CNCC(C)C)cn1.